The molecule has 2 aromatic rings. The Hall–Kier alpha value is -3.26. The van der Waals surface area contributed by atoms with E-state index in [1.54, 1.807) is 50.4 Å². The number of benzene rings is 2. The summed E-state index contributed by atoms with van der Waals surface area (Å²) < 4.78 is 10.5. The Bertz CT molecular complexity index is 805. The van der Waals surface area contributed by atoms with E-state index in [0.29, 0.717) is 23.6 Å². The van der Waals surface area contributed by atoms with Gasteiger partial charge in [0, 0.05) is 31.3 Å². The van der Waals surface area contributed by atoms with Crippen LogP contribution >= 0.6 is 0 Å². The molecule has 0 atom stereocenters. The molecule has 0 saturated carbocycles. The topological polar surface area (TPSA) is 62.6 Å². The number of methoxy groups -OCH3 is 2. The van der Waals surface area contributed by atoms with Crippen molar-refractivity contribution in [2.75, 3.05) is 21.3 Å². The summed E-state index contributed by atoms with van der Waals surface area (Å²) in [7, 11) is 4.90. The van der Waals surface area contributed by atoms with Crippen LogP contribution < -0.4 is 9.47 Å². The number of hydrogen-bond donors (Lipinski definition) is 0. The number of ether oxygens (including phenoxy) is 2. The van der Waals surface area contributed by atoms with Crippen molar-refractivity contribution in [1.29, 1.82) is 5.26 Å². The van der Waals surface area contributed by atoms with Gasteiger partial charge in [-0.05, 0) is 35.9 Å². The summed E-state index contributed by atoms with van der Waals surface area (Å²) in [6.07, 6.45) is 3.23. The molecular weight excluding hydrogens is 316 g/mol. The highest BCUT2D eigenvalue weighted by atomic mass is 16.5. The molecule has 0 heterocycles. The Balaban J connectivity index is 2.05. The number of nitriles is 1. The largest absolute Gasteiger partial charge is 0.497 e. The van der Waals surface area contributed by atoms with Gasteiger partial charge >= 0.3 is 0 Å². The molecule has 1 amide bonds. The van der Waals surface area contributed by atoms with Gasteiger partial charge in [-0.3, -0.25) is 4.79 Å². The first kappa shape index (κ1) is 18.1. The Morgan fingerprint density at radius 2 is 1.88 bits per heavy atom. The van der Waals surface area contributed by atoms with Crippen LogP contribution in [0.5, 0.6) is 11.5 Å². The van der Waals surface area contributed by atoms with Crippen LogP contribution in [0.3, 0.4) is 0 Å². The Morgan fingerprint density at radius 1 is 1.16 bits per heavy atom. The third-order valence-electron chi connectivity index (χ3n) is 3.73. The lowest BCUT2D eigenvalue weighted by molar-refractivity contribution is -0.125. The lowest BCUT2D eigenvalue weighted by Crippen LogP contribution is -2.24. The zero-order valence-electron chi connectivity index (χ0n) is 14.5. The van der Waals surface area contributed by atoms with Crippen molar-refractivity contribution in [3.8, 4) is 17.6 Å². The average molecular weight is 336 g/mol. The summed E-state index contributed by atoms with van der Waals surface area (Å²) in [4.78, 5) is 13.9. The summed E-state index contributed by atoms with van der Waals surface area (Å²) in [5.74, 6) is 1.21. The van der Waals surface area contributed by atoms with E-state index in [2.05, 4.69) is 6.07 Å². The van der Waals surface area contributed by atoms with Crippen molar-refractivity contribution in [2.24, 2.45) is 0 Å². The molecule has 0 fully saturated rings. The van der Waals surface area contributed by atoms with E-state index in [1.165, 1.54) is 6.08 Å². The van der Waals surface area contributed by atoms with Crippen molar-refractivity contribution in [1.82, 2.24) is 4.90 Å². The van der Waals surface area contributed by atoms with Gasteiger partial charge in [-0.1, -0.05) is 12.1 Å². The number of hydrogen-bond acceptors (Lipinski definition) is 4. The number of amides is 1. The van der Waals surface area contributed by atoms with Gasteiger partial charge in [0.05, 0.1) is 25.9 Å². The van der Waals surface area contributed by atoms with Gasteiger partial charge in [-0.15, -0.1) is 0 Å². The molecule has 0 spiro atoms. The van der Waals surface area contributed by atoms with Gasteiger partial charge in [-0.25, -0.2) is 0 Å². The summed E-state index contributed by atoms with van der Waals surface area (Å²) in [6.45, 7) is 0.467. The molecule has 0 unspecified atom stereocenters. The second-order valence-electron chi connectivity index (χ2n) is 5.44. The molecule has 128 valence electrons. The second kappa shape index (κ2) is 8.55. The Kier molecular flexibility index (Phi) is 6.19. The monoisotopic (exact) mass is 336 g/mol. The van der Waals surface area contributed by atoms with Gasteiger partial charge in [-0.2, -0.15) is 5.26 Å². The van der Waals surface area contributed by atoms with E-state index in [9.17, 15) is 4.79 Å². The van der Waals surface area contributed by atoms with Crippen LogP contribution in [0.25, 0.3) is 6.08 Å². The quantitative estimate of drug-likeness (QED) is 0.760. The summed E-state index contributed by atoms with van der Waals surface area (Å²) in [6, 6.07) is 14.7. The van der Waals surface area contributed by atoms with Gasteiger partial charge in [0.25, 0.3) is 0 Å². The number of rotatable bonds is 6. The first-order valence-corrected chi connectivity index (χ1v) is 7.71. The first-order chi connectivity index (χ1) is 12.1. The molecule has 5 heteroatoms. The fraction of sp³-hybridized carbons (Fsp3) is 0.200. The predicted molar refractivity (Wildman–Crippen MR) is 96.2 cm³/mol. The number of carbonyl (C=O) groups is 1. The average Bonchev–Trinajstić information content (AvgIpc) is 2.66. The van der Waals surface area contributed by atoms with E-state index in [4.69, 9.17) is 14.7 Å². The predicted octanol–water partition coefficient (Wildman–Crippen LogP) is 3.25. The molecule has 25 heavy (non-hydrogen) atoms. The molecule has 0 aliphatic rings. The van der Waals surface area contributed by atoms with Crippen molar-refractivity contribution in [3.63, 3.8) is 0 Å². The third-order valence-corrected chi connectivity index (χ3v) is 3.73. The van der Waals surface area contributed by atoms with E-state index < -0.39 is 0 Å². The van der Waals surface area contributed by atoms with Crippen molar-refractivity contribution >= 4 is 12.0 Å². The van der Waals surface area contributed by atoms with Crippen molar-refractivity contribution in [2.45, 2.75) is 6.54 Å². The zero-order chi connectivity index (χ0) is 18.2. The molecule has 5 nitrogen and oxygen atoms in total. The highest BCUT2D eigenvalue weighted by Crippen LogP contribution is 2.25. The summed E-state index contributed by atoms with van der Waals surface area (Å²) in [5, 5.41) is 8.81. The number of carbonyl (C=O) groups excluding carboxylic acids is 1. The lowest BCUT2D eigenvalue weighted by atomic mass is 10.1. The van der Waals surface area contributed by atoms with Gasteiger partial charge in [0.15, 0.2) is 0 Å². The van der Waals surface area contributed by atoms with Gasteiger partial charge < -0.3 is 14.4 Å². The molecule has 0 bridgehead atoms. The fourth-order valence-electron chi connectivity index (χ4n) is 2.28. The molecule has 2 aromatic carbocycles. The van der Waals surface area contributed by atoms with Crippen LogP contribution in [0.1, 0.15) is 16.7 Å². The molecule has 0 aliphatic heterocycles. The first-order valence-electron chi connectivity index (χ1n) is 7.71. The van der Waals surface area contributed by atoms with E-state index >= 15 is 0 Å². The normalized spacial score (nSPS) is 10.3. The maximum absolute atomic E-state index is 12.3. The minimum Gasteiger partial charge on any atom is -0.497 e. The lowest BCUT2D eigenvalue weighted by Gasteiger charge is -2.15. The van der Waals surface area contributed by atoms with Gasteiger partial charge in [0.2, 0.25) is 5.91 Å². The standard InChI is InChI=1S/C20H20N2O3/c1-22(14-16-6-4-15(13-21)5-7-16)20(23)11-9-17-8-10-18(24-2)12-19(17)25-3/h4-12H,14H2,1-3H3/b11-9+. The van der Waals surface area contributed by atoms with Crippen molar-refractivity contribution in [3.05, 3.63) is 65.2 Å². The molecule has 0 aliphatic carbocycles. The molecule has 0 aromatic heterocycles. The van der Waals surface area contributed by atoms with Crippen LogP contribution in [-0.4, -0.2) is 32.1 Å². The van der Waals surface area contributed by atoms with Crippen LogP contribution in [0, 0.1) is 11.3 Å². The number of nitrogens with zero attached hydrogens (tertiary/aromatic N) is 2. The smallest absolute Gasteiger partial charge is 0.246 e. The molecule has 0 saturated heterocycles. The van der Waals surface area contributed by atoms with Crippen molar-refractivity contribution < 1.29 is 14.3 Å². The zero-order valence-corrected chi connectivity index (χ0v) is 14.5. The highest BCUT2D eigenvalue weighted by molar-refractivity contribution is 5.92. The maximum Gasteiger partial charge on any atom is 0.246 e. The summed E-state index contributed by atoms with van der Waals surface area (Å²) in [5.41, 5.74) is 2.36. The van der Waals surface area contributed by atoms with Crippen LogP contribution in [0.2, 0.25) is 0 Å². The number of likely N-dealkylation sites (N-methyl/N-ethyl adjacent to an activating group) is 1. The maximum atomic E-state index is 12.3. The van der Waals surface area contributed by atoms with Crippen LogP contribution in [0.4, 0.5) is 0 Å². The molecule has 0 radical (unpaired) electrons. The van der Waals surface area contributed by atoms with E-state index in [0.717, 1.165) is 11.1 Å². The minimum absolute atomic E-state index is 0.123. The fourth-order valence-corrected chi connectivity index (χ4v) is 2.28. The van der Waals surface area contributed by atoms with Crippen LogP contribution in [-0.2, 0) is 11.3 Å². The van der Waals surface area contributed by atoms with E-state index in [-0.39, 0.29) is 5.91 Å². The minimum atomic E-state index is -0.123. The molecule has 2 rings (SSSR count). The van der Waals surface area contributed by atoms with E-state index in [1.807, 2.05) is 24.3 Å². The van der Waals surface area contributed by atoms with Gasteiger partial charge in [0.1, 0.15) is 11.5 Å². The Labute approximate surface area is 147 Å². The third kappa shape index (κ3) is 4.85. The molecular formula is C20H20N2O3. The molecule has 0 N–H and O–H groups in total. The van der Waals surface area contributed by atoms with Crippen LogP contribution in [0.15, 0.2) is 48.5 Å². The summed E-state index contributed by atoms with van der Waals surface area (Å²) >= 11 is 0. The Morgan fingerprint density at radius 3 is 2.48 bits per heavy atom. The highest BCUT2D eigenvalue weighted by Gasteiger charge is 2.07. The second-order valence-corrected chi connectivity index (χ2v) is 5.44. The SMILES string of the molecule is COc1ccc(/C=C/C(=O)N(C)Cc2ccc(C#N)cc2)c(OC)c1.